The second kappa shape index (κ2) is 59.9. The number of nitrogens with zero attached hydrogens (tertiary/aromatic N) is 1. The van der Waals surface area contributed by atoms with E-state index in [2.05, 4.69) is 74.7 Å². The molecule has 0 aromatic carbocycles. The average molecular weight is 1140 g/mol. The Morgan fingerprint density at radius 2 is 0.800 bits per heavy atom. The largest absolute Gasteiger partial charge is 0.756 e. The van der Waals surface area contributed by atoms with E-state index in [0.29, 0.717) is 17.4 Å². The number of unbranched alkanes of at least 4 members (excludes halogenated alkanes) is 38. The molecule has 1 amide bonds. The van der Waals surface area contributed by atoms with Gasteiger partial charge in [0.1, 0.15) is 19.3 Å². The fourth-order valence-corrected chi connectivity index (χ4v) is 10.7. The number of allylic oxidation sites excluding steroid dienone is 9. The van der Waals surface area contributed by atoms with Crippen LogP contribution < -0.4 is 10.2 Å². The van der Waals surface area contributed by atoms with Crippen LogP contribution in [0.4, 0.5) is 0 Å². The molecule has 0 fully saturated rings. The Labute approximate surface area is 496 Å². The number of phosphoric ester groups is 1. The maximum absolute atomic E-state index is 13.5. The second-order valence-corrected chi connectivity index (χ2v) is 25.7. The number of ether oxygens (including phenoxy) is 1. The highest BCUT2D eigenvalue weighted by Gasteiger charge is 2.27. The van der Waals surface area contributed by atoms with E-state index in [1.54, 1.807) is 0 Å². The van der Waals surface area contributed by atoms with E-state index >= 15 is 0 Å². The lowest BCUT2D eigenvalue weighted by molar-refractivity contribution is -0.870. The zero-order chi connectivity index (χ0) is 58.6. The van der Waals surface area contributed by atoms with Crippen LogP contribution in [0.25, 0.3) is 0 Å². The van der Waals surface area contributed by atoms with Crippen LogP contribution in [0.15, 0.2) is 60.8 Å². The normalized spacial score (nSPS) is 13.9. The number of phosphoric acid groups is 1. The van der Waals surface area contributed by atoms with Crippen molar-refractivity contribution in [2.45, 2.75) is 335 Å². The Balaban J connectivity index is 5.02. The van der Waals surface area contributed by atoms with Gasteiger partial charge in [-0.2, -0.15) is 0 Å². The molecule has 0 aliphatic heterocycles. The molecule has 0 bridgehead atoms. The maximum atomic E-state index is 13.5. The first-order chi connectivity index (χ1) is 38.9. The fourth-order valence-electron chi connectivity index (χ4n) is 9.95. The molecule has 0 aromatic heterocycles. The van der Waals surface area contributed by atoms with Gasteiger partial charge in [-0.1, -0.05) is 281 Å². The smallest absolute Gasteiger partial charge is 0.306 e. The van der Waals surface area contributed by atoms with Crippen molar-refractivity contribution in [1.29, 1.82) is 0 Å². The molecule has 468 valence electrons. The third kappa shape index (κ3) is 60.3. The number of likely N-dealkylation sites (N-methyl/N-ethyl adjacent to an activating group) is 1. The van der Waals surface area contributed by atoms with Crippen molar-refractivity contribution < 1.29 is 37.3 Å². The van der Waals surface area contributed by atoms with Crippen molar-refractivity contribution in [3.05, 3.63) is 60.8 Å². The molecule has 9 nitrogen and oxygen atoms in total. The Hall–Kier alpha value is -2.29. The van der Waals surface area contributed by atoms with Gasteiger partial charge in [-0.15, -0.1) is 0 Å². The van der Waals surface area contributed by atoms with Crippen LogP contribution in [0.5, 0.6) is 0 Å². The molecule has 0 saturated carbocycles. The van der Waals surface area contributed by atoms with Crippen molar-refractivity contribution in [2.75, 3.05) is 40.9 Å². The Morgan fingerprint density at radius 3 is 1.21 bits per heavy atom. The molecule has 3 atom stereocenters. The Morgan fingerprint density at radius 1 is 0.450 bits per heavy atom. The van der Waals surface area contributed by atoms with Crippen LogP contribution in [0.2, 0.25) is 0 Å². The highest BCUT2D eigenvalue weighted by atomic mass is 31.2. The van der Waals surface area contributed by atoms with E-state index in [1.807, 2.05) is 33.3 Å². The van der Waals surface area contributed by atoms with Crippen molar-refractivity contribution >= 4 is 19.7 Å². The lowest BCUT2D eigenvalue weighted by atomic mass is 10.0. The monoisotopic (exact) mass is 1140 g/mol. The van der Waals surface area contributed by atoms with Crippen LogP contribution >= 0.6 is 7.82 Å². The molecule has 10 heteroatoms. The Bertz CT molecular complexity index is 1550. The minimum atomic E-state index is -4.70. The van der Waals surface area contributed by atoms with E-state index in [0.717, 1.165) is 89.9 Å². The Kier molecular flexibility index (Phi) is 58.1. The molecule has 0 heterocycles. The SMILES string of the molecule is CC/C=C/C/C=C/CCCCCCCCCC(=O)NC(COP(=O)([O-])OCC[N+](C)(C)C)C(/C=C\CCCCCCCCCCCCC)OC(=O)CCCCCCCCCCCCCCCCCCC/C=C\C/C=C\CCCCC. The van der Waals surface area contributed by atoms with Crippen LogP contribution in [0.1, 0.15) is 323 Å². The quantitative estimate of drug-likeness (QED) is 0.0212. The minimum absolute atomic E-state index is 0.0237. The summed E-state index contributed by atoms with van der Waals surface area (Å²) in [5, 5.41) is 3.03. The van der Waals surface area contributed by atoms with Gasteiger partial charge in [0.15, 0.2) is 0 Å². The molecule has 0 aromatic rings. The standard InChI is InChI=1S/C70H131N2O7P/c1-7-10-13-16-19-22-25-28-30-31-32-33-34-35-36-37-38-39-40-41-42-45-48-51-54-57-60-63-70(74)79-68(61-58-55-52-49-46-43-27-24-21-18-15-12-9-3)67(66-78-80(75,76)77-65-64-72(4,5)6)71-69(73)62-59-56-53-50-47-44-29-26-23-20-17-14-11-8-2/h11,14,19-20,22-23,28,30,58,61,67-68H,7-10,12-13,15-18,21,24-27,29,31-57,59-60,62-66H2,1-6H3,(H-,71,73,75,76)/b14-11+,22-19-,23-20+,30-28-,61-58-. The molecule has 0 rings (SSSR count). The molecule has 0 aliphatic rings. The summed E-state index contributed by atoms with van der Waals surface area (Å²) >= 11 is 0. The fraction of sp³-hybridized carbons (Fsp3) is 0.829. The molecule has 0 spiro atoms. The van der Waals surface area contributed by atoms with Gasteiger partial charge in [-0.05, 0) is 89.5 Å². The number of hydrogen-bond acceptors (Lipinski definition) is 7. The first kappa shape index (κ1) is 77.7. The number of hydrogen-bond donors (Lipinski definition) is 1. The first-order valence-electron chi connectivity index (χ1n) is 34.1. The third-order valence-corrected chi connectivity index (χ3v) is 16.1. The van der Waals surface area contributed by atoms with Gasteiger partial charge >= 0.3 is 5.97 Å². The summed E-state index contributed by atoms with van der Waals surface area (Å²) in [5.41, 5.74) is 0. The molecular weight excluding hydrogens is 1010 g/mol. The van der Waals surface area contributed by atoms with E-state index in [4.69, 9.17) is 13.8 Å². The van der Waals surface area contributed by atoms with Crippen molar-refractivity contribution in [3.8, 4) is 0 Å². The number of rotatable bonds is 62. The number of carbonyl (C=O) groups is 2. The van der Waals surface area contributed by atoms with Crippen LogP contribution in [0.3, 0.4) is 0 Å². The number of carbonyl (C=O) groups excluding carboxylic acids is 2. The molecule has 0 radical (unpaired) electrons. The second-order valence-electron chi connectivity index (χ2n) is 24.3. The summed E-state index contributed by atoms with van der Waals surface area (Å²) in [7, 11) is 1.19. The van der Waals surface area contributed by atoms with Gasteiger partial charge in [0.05, 0.1) is 33.8 Å². The summed E-state index contributed by atoms with van der Waals surface area (Å²) in [5.74, 6) is -0.540. The van der Waals surface area contributed by atoms with Gasteiger partial charge in [0.2, 0.25) is 5.91 Å². The van der Waals surface area contributed by atoms with Gasteiger partial charge in [0.25, 0.3) is 7.82 Å². The number of nitrogens with one attached hydrogen (secondary N) is 1. The predicted octanol–water partition coefficient (Wildman–Crippen LogP) is 20.8. The van der Waals surface area contributed by atoms with E-state index in [1.165, 1.54) is 199 Å². The minimum Gasteiger partial charge on any atom is -0.756 e. The maximum Gasteiger partial charge on any atom is 0.306 e. The number of esters is 1. The van der Waals surface area contributed by atoms with Crippen molar-refractivity contribution in [1.82, 2.24) is 5.32 Å². The average Bonchev–Trinajstić information content (AvgIpc) is 3.42. The lowest BCUT2D eigenvalue weighted by Crippen LogP contribution is -2.47. The highest BCUT2D eigenvalue weighted by molar-refractivity contribution is 7.45. The topological polar surface area (TPSA) is 114 Å². The molecule has 3 unspecified atom stereocenters. The van der Waals surface area contributed by atoms with Gasteiger partial charge in [-0.3, -0.25) is 14.2 Å². The zero-order valence-corrected chi connectivity index (χ0v) is 54.4. The van der Waals surface area contributed by atoms with E-state index in [-0.39, 0.29) is 31.5 Å². The number of amides is 1. The molecule has 0 aliphatic carbocycles. The molecule has 0 saturated heterocycles. The lowest BCUT2D eigenvalue weighted by Gasteiger charge is -2.30. The summed E-state index contributed by atoms with van der Waals surface area (Å²) in [6.07, 6.45) is 76.3. The van der Waals surface area contributed by atoms with Gasteiger partial charge in [0, 0.05) is 12.8 Å². The van der Waals surface area contributed by atoms with Crippen molar-refractivity contribution in [3.63, 3.8) is 0 Å². The summed E-state index contributed by atoms with van der Waals surface area (Å²) < 4.78 is 30.4. The number of quaternary nitrogens is 1. The summed E-state index contributed by atoms with van der Waals surface area (Å²) in [6.45, 7) is 6.74. The molecule has 1 N–H and O–H groups in total. The highest BCUT2D eigenvalue weighted by Crippen LogP contribution is 2.38. The summed E-state index contributed by atoms with van der Waals surface area (Å²) in [4.78, 5) is 40.1. The van der Waals surface area contributed by atoms with E-state index in [9.17, 15) is 19.0 Å². The van der Waals surface area contributed by atoms with Crippen LogP contribution in [-0.2, 0) is 27.9 Å². The van der Waals surface area contributed by atoms with Gasteiger partial charge < -0.3 is 28.5 Å². The van der Waals surface area contributed by atoms with Crippen molar-refractivity contribution in [2.24, 2.45) is 0 Å². The molecule has 80 heavy (non-hydrogen) atoms. The van der Waals surface area contributed by atoms with Crippen LogP contribution in [0, 0.1) is 0 Å². The third-order valence-electron chi connectivity index (χ3n) is 15.2. The summed E-state index contributed by atoms with van der Waals surface area (Å²) in [6, 6.07) is -0.892. The van der Waals surface area contributed by atoms with Gasteiger partial charge in [-0.25, -0.2) is 0 Å². The first-order valence-corrected chi connectivity index (χ1v) is 35.6. The van der Waals surface area contributed by atoms with E-state index < -0.39 is 20.0 Å². The molecular formula is C70H131N2O7P. The zero-order valence-electron chi connectivity index (χ0n) is 53.5. The van der Waals surface area contributed by atoms with Crippen LogP contribution in [-0.4, -0.2) is 69.4 Å². The predicted molar refractivity (Wildman–Crippen MR) is 344 cm³/mol.